The van der Waals surface area contributed by atoms with Crippen LogP contribution in [0.4, 0.5) is 13.9 Å². The van der Waals surface area contributed by atoms with Crippen molar-refractivity contribution < 1.29 is 18.4 Å². The van der Waals surface area contributed by atoms with E-state index in [1.807, 2.05) is 48.1 Å². The summed E-state index contributed by atoms with van der Waals surface area (Å²) in [5, 5.41) is 5.78. The number of hydrogen-bond donors (Lipinski definition) is 2. The first-order chi connectivity index (χ1) is 16.4. The summed E-state index contributed by atoms with van der Waals surface area (Å²) in [7, 11) is 1.89. The van der Waals surface area contributed by atoms with Crippen LogP contribution in [0.2, 0.25) is 0 Å². The van der Waals surface area contributed by atoms with Crippen molar-refractivity contribution >= 4 is 28.3 Å². The molecule has 0 fully saturated rings. The molecule has 0 saturated carbocycles. The van der Waals surface area contributed by atoms with E-state index < -0.39 is 17.5 Å². The molecule has 0 radical (unpaired) electrons. The van der Waals surface area contributed by atoms with Gasteiger partial charge in [0, 0.05) is 44.0 Å². The van der Waals surface area contributed by atoms with Gasteiger partial charge in [-0.1, -0.05) is 41.7 Å². The van der Waals surface area contributed by atoms with Crippen molar-refractivity contribution in [1.82, 2.24) is 19.9 Å². The number of carbonyl (C=O) groups is 2. The van der Waals surface area contributed by atoms with Gasteiger partial charge in [0.1, 0.15) is 11.6 Å². The number of rotatable bonds is 8. The van der Waals surface area contributed by atoms with E-state index in [-0.39, 0.29) is 24.4 Å². The van der Waals surface area contributed by atoms with Crippen LogP contribution in [0, 0.1) is 11.6 Å². The summed E-state index contributed by atoms with van der Waals surface area (Å²) in [6.07, 6.45) is 4.01. The molecule has 0 bridgehead atoms. The summed E-state index contributed by atoms with van der Waals surface area (Å²) in [4.78, 5) is 34.4. The molecule has 2 aromatic heterocycles. The number of aryl methyl sites for hydroxylation is 1. The van der Waals surface area contributed by atoms with E-state index >= 15 is 0 Å². The molecule has 4 aromatic rings. The van der Waals surface area contributed by atoms with Crippen LogP contribution < -0.4 is 10.6 Å². The van der Waals surface area contributed by atoms with Gasteiger partial charge < -0.3 is 15.2 Å². The third kappa shape index (κ3) is 5.34. The Balaban J connectivity index is 1.37. The highest BCUT2D eigenvalue weighted by atomic mass is 32.1. The van der Waals surface area contributed by atoms with Crippen LogP contribution in [-0.4, -0.2) is 32.9 Å². The highest BCUT2D eigenvalue weighted by molar-refractivity contribution is 7.19. The average Bonchev–Trinajstić information content (AvgIpc) is 3.42. The number of imidazole rings is 1. The lowest BCUT2D eigenvalue weighted by molar-refractivity contribution is -0.116. The molecule has 7 nitrogen and oxygen atoms in total. The monoisotopic (exact) mass is 481 g/mol. The van der Waals surface area contributed by atoms with Crippen LogP contribution >= 0.6 is 11.3 Å². The van der Waals surface area contributed by atoms with Gasteiger partial charge in [-0.25, -0.2) is 18.7 Å². The Morgan fingerprint density at radius 1 is 1.12 bits per heavy atom. The number of halogens is 2. The van der Waals surface area contributed by atoms with Crippen molar-refractivity contribution in [1.29, 1.82) is 0 Å². The fourth-order valence-corrected chi connectivity index (χ4v) is 4.35. The van der Waals surface area contributed by atoms with Gasteiger partial charge in [0.05, 0.1) is 16.1 Å². The van der Waals surface area contributed by atoms with Crippen LogP contribution in [0.15, 0.2) is 60.9 Å². The van der Waals surface area contributed by atoms with Gasteiger partial charge in [0.2, 0.25) is 5.91 Å². The van der Waals surface area contributed by atoms with Gasteiger partial charge in [-0.05, 0) is 18.6 Å². The molecule has 2 N–H and O–H groups in total. The van der Waals surface area contributed by atoms with Crippen molar-refractivity contribution in [2.45, 2.75) is 12.8 Å². The minimum atomic E-state index is -0.934. The third-order valence-corrected chi connectivity index (χ3v) is 5.95. The van der Waals surface area contributed by atoms with Crippen LogP contribution in [0.3, 0.4) is 0 Å². The lowest BCUT2D eigenvalue weighted by atomic mass is 10.1. The number of aromatic nitrogens is 3. The maximum atomic E-state index is 13.7. The highest BCUT2D eigenvalue weighted by Crippen LogP contribution is 2.38. The Bertz CT molecular complexity index is 1320. The number of amides is 2. The number of benzene rings is 2. The molecule has 174 valence electrons. The summed E-state index contributed by atoms with van der Waals surface area (Å²) in [6.45, 7) is 0.161. The molecule has 4 rings (SSSR count). The standard InChI is InChI=1S/C24H21F2N5O2S/c1-31-13-12-27-22(31)21-20(15-6-3-2-4-7-15)30-24(34-21)29-19(32)8-5-11-28-23(33)17-10-9-16(25)14-18(17)26/h2-4,6-7,9-10,12-14H,5,8,11H2,1H3,(H,28,33)(H,29,30,32). The molecule has 0 unspecified atom stereocenters. The second-order valence-corrected chi connectivity index (χ2v) is 8.46. The number of hydrogen-bond acceptors (Lipinski definition) is 5. The molecule has 34 heavy (non-hydrogen) atoms. The number of nitrogens with one attached hydrogen (secondary N) is 2. The molecule has 2 heterocycles. The summed E-state index contributed by atoms with van der Waals surface area (Å²) >= 11 is 1.33. The van der Waals surface area contributed by atoms with Crippen molar-refractivity contribution in [3.8, 4) is 22.0 Å². The fourth-order valence-electron chi connectivity index (χ4n) is 3.30. The van der Waals surface area contributed by atoms with Crippen LogP contribution in [0.5, 0.6) is 0 Å². The summed E-state index contributed by atoms with van der Waals surface area (Å²) in [6, 6.07) is 12.4. The van der Waals surface area contributed by atoms with Gasteiger partial charge in [0.25, 0.3) is 5.91 Å². The first-order valence-corrected chi connectivity index (χ1v) is 11.3. The Morgan fingerprint density at radius 2 is 1.91 bits per heavy atom. The van der Waals surface area contributed by atoms with Gasteiger partial charge in [-0.15, -0.1) is 0 Å². The second kappa shape index (κ2) is 10.3. The molecule has 0 aliphatic carbocycles. The minimum absolute atomic E-state index is 0.129. The SMILES string of the molecule is Cn1ccnc1-c1sc(NC(=O)CCCNC(=O)c2ccc(F)cc2F)nc1-c1ccccc1. The topological polar surface area (TPSA) is 88.9 Å². The van der Waals surface area contributed by atoms with E-state index in [9.17, 15) is 18.4 Å². The number of nitrogens with zero attached hydrogens (tertiary/aromatic N) is 3. The fraction of sp³-hybridized carbons (Fsp3) is 0.167. The molecule has 2 aromatic carbocycles. The van der Waals surface area contributed by atoms with E-state index in [1.165, 1.54) is 11.3 Å². The smallest absolute Gasteiger partial charge is 0.254 e. The van der Waals surface area contributed by atoms with E-state index in [2.05, 4.69) is 20.6 Å². The Kier molecular flexibility index (Phi) is 7.07. The Hall–Kier alpha value is -3.92. The zero-order valence-electron chi connectivity index (χ0n) is 18.2. The third-order valence-electron chi connectivity index (χ3n) is 4.99. The maximum Gasteiger partial charge on any atom is 0.254 e. The molecule has 0 saturated heterocycles. The van der Waals surface area contributed by atoms with Crippen molar-refractivity contribution in [3.05, 3.63) is 78.1 Å². The van der Waals surface area contributed by atoms with Crippen LogP contribution in [0.25, 0.3) is 22.0 Å². The van der Waals surface area contributed by atoms with Crippen molar-refractivity contribution in [3.63, 3.8) is 0 Å². The lowest BCUT2D eigenvalue weighted by Crippen LogP contribution is -2.26. The molecule has 0 aliphatic rings. The molecule has 10 heteroatoms. The average molecular weight is 482 g/mol. The van der Waals surface area contributed by atoms with Crippen molar-refractivity contribution in [2.75, 3.05) is 11.9 Å². The molecule has 0 aliphatic heterocycles. The van der Waals surface area contributed by atoms with Crippen LogP contribution in [-0.2, 0) is 11.8 Å². The lowest BCUT2D eigenvalue weighted by Gasteiger charge is -2.06. The maximum absolute atomic E-state index is 13.7. The minimum Gasteiger partial charge on any atom is -0.352 e. The Labute approximate surface area is 198 Å². The van der Waals surface area contributed by atoms with E-state index in [1.54, 1.807) is 6.20 Å². The first-order valence-electron chi connectivity index (χ1n) is 10.5. The molecule has 0 spiro atoms. The zero-order valence-corrected chi connectivity index (χ0v) is 19.0. The van der Waals surface area contributed by atoms with E-state index in [0.29, 0.717) is 17.6 Å². The number of carbonyl (C=O) groups excluding carboxylic acids is 2. The number of thiazole rings is 1. The van der Waals surface area contributed by atoms with Gasteiger partial charge in [-0.3, -0.25) is 9.59 Å². The number of anilines is 1. The summed E-state index contributed by atoms with van der Waals surface area (Å²) in [5.41, 5.74) is 1.39. The molecule has 2 amide bonds. The van der Waals surface area contributed by atoms with Crippen molar-refractivity contribution in [2.24, 2.45) is 7.05 Å². The van der Waals surface area contributed by atoms with Gasteiger partial charge in [-0.2, -0.15) is 0 Å². The predicted molar refractivity (Wildman–Crippen MR) is 126 cm³/mol. The first kappa shape index (κ1) is 23.2. The van der Waals surface area contributed by atoms with E-state index in [0.717, 1.165) is 34.1 Å². The normalized spacial score (nSPS) is 10.8. The zero-order chi connectivity index (χ0) is 24.1. The van der Waals surface area contributed by atoms with Gasteiger partial charge >= 0.3 is 0 Å². The second-order valence-electron chi connectivity index (χ2n) is 7.46. The molecule has 0 atom stereocenters. The summed E-state index contributed by atoms with van der Waals surface area (Å²) in [5.74, 6) is -1.87. The highest BCUT2D eigenvalue weighted by Gasteiger charge is 2.19. The molecular formula is C24H21F2N5O2S. The predicted octanol–water partition coefficient (Wildman–Crippen LogP) is 4.64. The van der Waals surface area contributed by atoms with Crippen LogP contribution in [0.1, 0.15) is 23.2 Å². The quantitative estimate of drug-likeness (QED) is 0.359. The largest absolute Gasteiger partial charge is 0.352 e. The van der Waals surface area contributed by atoms with Gasteiger partial charge in [0.15, 0.2) is 11.0 Å². The van der Waals surface area contributed by atoms with E-state index in [4.69, 9.17) is 0 Å². The Morgan fingerprint density at radius 3 is 2.62 bits per heavy atom. The summed E-state index contributed by atoms with van der Waals surface area (Å²) < 4.78 is 28.6. The molecular weight excluding hydrogens is 460 g/mol.